The lowest BCUT2D eigenvalue weighted by Crippen LogP contribution is -2.48. The quantitative estimate of drug-likeness (QED) is 0.0257. The number of nitrogens with one attached hydrogen (secondary N) is 6. The number of ether oxygens (including phenoxy) is 6. The van der Waals surface area contributed by atoms with Gasteiger partial charge in [0.1, 0.15) is 42.4 Å². The molecule has 0 radical (unpaired) electrons. The molecule has 1 heterocycles. The van der Waals surface area contributed by atoms with E-state index in [1.54, 1.807) is 61.5 Å². The molecule has 576 valence electrons. The van der Waals surface area contributed by atoms with Crippen LogP contribution in [-0.4, -0.2) is 215 Å². The second-order valence-electron chi connectivity index (χ2n) is 26.5. The molecular formula is C70H115N11O20S. The number of nitrogens with zero attached hydrogens (tertiary/aromatic N) is 4. The van der Waals surface area contributed by atoms with E-state index in [9.17, 15) is 61.2 Å². The van der Waals surface area contributed by atoms with E-state index in [0.29, 0.717) is 108 Å². The van der Waals surface area contributed by atoms with Crippen LogP contribution in [0.4, 0.5) is 10.5 Å². The fourth-order valence-electron chi connectivity index (χ4n) is 10.7. The summed E-state index contributed by atoms with van der Waals surface area (Å²) < 4.78 is 67.1. The van der Waals surface area contributed by atoms with Crippen LogP contribution < -0.4 is 37.6 Å². The average molecular weight is 1460 g/mol. The minimum absolute atomic E-state index is 0.0141. The van der Waals surface area contributed by atoms with E-state index < -0.39 is 81.2 Å². The first-order valence-corrected chi connectivity index (χ1v) is 37.6. The maximum atomic E-state index is 14.4. The van der Waals surface area contributed by atoms with Crippen molar-refractivity contribution in [3.8, 4) is 0 Å². The monoisotopic (exact) mass is 1460 g/mol. The van der Waals surface area contributed by atoms with E-state index >= 15 is 0 Å². The molecule has 32 heteroatoms. The number of nitrogens with two attached hydrogens (primary N) is 1. The fraction of sp³-hybridized carbons (Fsp3) is 0.729. The Morgan fingerprint density at radius 2 is 1.26 bits per heavy atom. The van der Waals surface area contributed by atoms with Crippen LogP contribution in [0.1, 0.15) is 181 Å². The molecule has 31 nitrogen and oxygen atoms in total. The smallest absolute Gasteiger partial charge is 0.312 e. The van der Waals surface area contributed by atoms with Crippen molar-refractivity contribution in [2.24, 2.45) is 35.3 Å². The summed E-state index contributed by atoms with van der Waals surface area (Å²) >= 11 is 0. The summed E-state index contributed by atoms with van der Waals surface area (Å²) in [5, 5.41) is 25.3. The number of ketones is 4. The third-order valence-electron chi connectivity index (χ3n) is 16.6. The number of hydrogen-bond donors (Lipinski definition) is 8. The van der Waals surface area contributed by atoms with Gasteiger partial charge in [-0.05, 0) is 81.4 Å². The second kappa shape index (κ2) is 51.0. The molecule has 0 spiro atoms. The number of Topliss-reactive ketones (excluding diaryl/α,β-unsaturated/α-hetero) is 4. The van der Waals surface area contributed by atoms with Gasteiger partial charge in [-0.15, -0.1) is 5.10 Å². The number of benzene rings is 1. The van der Waals surface area contributed by atoms with Crippen molar-refractivity contribution in [3.05, 3.63) is 41.2 Å². The molecule has 102 heavy (non-hydrogen) atoms. The Labute approximate surface area is 600 Å². The first-order valence-electron chi connectivity index (χ1n) is 36.0. The molecule has 4 atom stereocenters. The number of anilines is 1. The number of esters is 1. The van der Waals surface area contributed by atoms with Crippen molar-refractivity contribution in [3.63, 3.8) is 0 Å². The lowest BCUT2D eigenvalue weighted by molar-refractivity contribution is -0.148. The SMILES string of the molecule is CCCNC(=O)CN(CCn1nnc2c1CCCCCC2OCC(=O)NCCCC[C@@H](CC(=O)CCOCCOCCOCCOCCCC(=O)CCC(=O)C(C)C)C(=O)N[C@H](C(=O)C[C@@H](CCCNC(N)=O)C(=O)Nc1ccc(COC(=O)C(C)C)cc1)C(C)C)CC(=O)NCCS(=O)(=O)O. The molecule has 1 aliphatic rings. The summed E-state index contributed by atoms with van der Waals surface area (Å²) in [5.74, 6) is -6.46. The molecule has 1 aromatic heterocycles. The number of unbranched alkanes of at least 4 members (excludes halogenated alkanes) is 1. The van der Waals surface area contributed by atoms with E-state index in [1.807, 2.05) is 20.8 Å². The molecule has 1 unspecified atom stereocenters. The Morgan fingerprint density at radius 3 is 1.89 bits per heavy atom. The summed E-state index contributed by atoms with van der Waals surface area (Å²) in [5.41, 5.74) is 7.78. The molecular weight excluding hydrogens is 1350 g/mol. The number of hydrogen-bond acceptors (Lipinski definition) is 22. The van der Waals surface area contributed by atoms with Crippen molar-refractivity contribution in [2.45, 2.75) is 189 Å². The van der Waals surface area contributed by atoms with Crippen molar-refractivity contribution in [1.29, 1.82) is 0 Å². The molecule has 7 amide bonds. The van der Waals surface area contributed by atoms with Crippen LogP contribution in [0.5, 0.6) is 0 Å². The highest BCUT2D eigenvalue weighted by molar-refractivity contribution is 7.85. The number of urea groups is 1. The summed E-state index contributed by atoms with van der Waals surface area (Å²) in [4.78, 5) is 144. The van der Waals surface area contributed by atoms with E-state index in [2.05, 4.69) is 42.2 Å². The van der Waals surface area contributed by atoms with Gasteiger partial charge in [-0.2, -0.15) is 8.42 Å². The van der Waals surface area contributed by atoms with Crippen molar-refractivity contribution in [2.75, 3.05) is 116 Å². The van der Waals surface area contributed by atoms with Crippen LogP contribution in [0.15, 0.2) is 24.3 Å². The fourth-order valence-corrected chi connectivity index (χ4v) is 11.1. The normalized spacial score (nSPS) is 14.1. The van der Waals surface area contributed by atoms with Gasteiger partial charge in [0.05, 0.1) is 89.3 Å². The predicted octanol–water partition coefficient (Wildman–Crippen LogP) is 4.46. The maximum absolute atomic E-state index is 14.4. The van der Waals surface area contributed by atoms with E-state index in [0.717, 1.165) is 25.0 Å². The van der Waals surface area contributed by atoms with Gasteiger partial charge in [-0.1, -0.05) is 85.1 Å². The van der Waals surface area contributed by atoms with E-state index in [-0.39, 0.29) is 165 Å². The zero-order chi connectivity index (χ0) is 75.2. The largest absolute Gasteiger partial charge is 0.461 e. The topological polar surface area (TPSA) is 430 Å². The molecule has 0 aliphatic heterocycles. The summed E-state index contributed by atoms with van der Waals surface area (Å²) in [6, 6.07) is 4.88. The van der Waals surface area contributed by atoms with Gasteiger partial charge in [0.2, 0.25) is 29.5 Å². The van der Waals surface area contributed by atoms with Gasteiger partial charge < -0.3 is 66.1 Å². The second-order valence-corrected chi connectivity index (χ2v) is 28.0. The first kappa shape index (κ1) is 89.0. The predicted molar refractivity (Wildman–Crippen MR) is 378 cm³/mol. The molecule has 0 fully saturated rings. The summed E-state index contributed by atoms with van der Waals surface area (Å²) in [6.07, 6.45) is 6.28. The van der Waals surface area contributed by atoms with Crippen LogP contribution in [0.2, 0.25) is 0 Å². The zero-order valence-electron chi connectivity index (χ0n) is 61.0. The minimum atomic E-state index is -4.30. The number of rotatable bonds is 57. The Morgan fingerprint density at radius 1 is 0.647 bits per heavy atom. The Kier molecular flexibility index (Phi) is 44.5. The highest BCUT2D eigenvalue weighted by Gasteiger charge is 2.33. The zero-order valence-corrected chi connectivity index (χ0v) is 61.8. The number of amides is 7. The summed E-state index contributed by atoms with van der Waals surface area (Å²) in [6.45, 7) is 15.0. The van der Waals surface area contributed by atoms with Gasteiger partial charge in [-0.25, -0.2) is 9.48 Å². The molecule has 1 aliphatic carbocycles. The van der Waals surface area contributed by atoms with Crippen molar-refractivity contribution < 1.29 is 94.1 Å². The van der Waals surface area contributed by atoms with Crippen LogP contribution in [0.3, 0.4) is 0 Å². The van der Waals surface area contributed by atoms with Crippen molar-refractivity contribution in [1.82, 2.24) is 46.5 Å². The Hall–Kier alpha value is -7.20. The van der Waals surface area contributed by atoms with Gasteiger partial charge >= 0.3 is 12.0 Å². The lowest BCUT2D eigenvalue weighted by atomic mass is 9.88. The number of fused-ring (bicyclic) bond motifs is 1. The van der Waals surface area contributed by atoms with Crippen molar-refractivity contribution >= 4 is 80.5 Å². The molecule has 1 aromatic carbocycles. The standard InChI is InChI=1S/C70H115N11O20S/c1-8-28-72-62(86)45-80(46-63(87)74-31-42-102(93,94)95)32-33-81-58-19-10-9-11-20-61(66(58)78-79-81)100-48-64(88)73-29-13-12-16-53(43-57(83)27-35-97-37-39-99-41-40-98-38-36-96-34-15-18-56(82)25-26-59(84)49(2)3)68(90)77-65(50(4)5)60(85)44-54(17-14-30-75-70(71)92)67(89)76-55-23-21-52(22-24-55)47-101-69(91)51(6)7/h21-24,49-51,53-54,61,65H,8-20,25-48H2,1-7H3,(H,72,86)(H,73,88)(H,74,87)(H,76,89)(H,77,90)(H3,71,75,92)(H,93,94,95)/t53-,54+,61?,65-/m0/s1. The van der Waals surface area contributed by atoms with Crippen LogP contribution >= 0.6 is 0 Å². The Balaban J connectivity index is 1.64. The lowest BCUT2D eigenvalue weighted by Gasteiger charge is -2.26. The molecule has 3 rings (SSSR count). The number of carbonyl (C=O) groups excluding carboxylic acids is 11. The number of carbonyl (C=O) groups is 11. The van der Waals surface area contributed by atoms with E-state index in [4.69, 9.17) is 38.7 Å². The molecule has 0 saturated heterocycles. The third-order valence-corrected chi connectivity index (χ3v) is 17.4. The number of primary amides is 1. The highest BCUT2D eigenvalue weighted by Crippen LogP contribution is 2.30. The molecule has 0 saturated carbocycles. The van der Waals surface area contributed by atoms with E-state index in [1.165, 1.54) is 0 Å². The third kappa shape index (κ3) is 40.0. The Bertz CT molecular complexity index is 3020. The van der Waals surface area contributed by atoms with Gasteiger partial charge in [0.25, 0.3) is 10.1 Å². The summed E-state index contributed by atoms with van der Waals surface area (Å²) in [7, 11) is -4.30. The molecule has 9 N–H and O–H groups in total. The average Bonchev–Trinajstić information content (AvgIpc) is 1.66. The molecule has 0 bridgehead atoms. The molecule has 2 aromatic rings. The van der Waals surface area contributed by atoms with Crippen LogP contribution in [0, 0.1) is 29.6 Å². The van der Waals surface area contributed by atoms with Crippen LogP contribution in [0.25, 0.3) is 0 Å². The van der Waals surface area contributed by atoms with Gasteiger partial charge in [0.15, 0.2) is 5.78 Å². The van der Waals surface area contributed by atoms with Crippen LogP contribution in [-0.2, 0) is 106 Å². The van der Waals surface area contributed by atoms with Gasteiger partial charge in [0, 0.05) is 101 Å². The maximum Gasteiger partial charge on any atom is 0.312 e. The highest BCUT2D eigenvalue weighted by atomic mass is 32.2. The van der Waals surface area contributed by atoms with Gasteiger partial charge in [-0.3, -0.25) is 57.4 Å². The minimum Gasteiger partial charge on any atom is -0.461 e. The number of aromatic nitrogens is 3. The first-order chi connectivity index (χ1) is 48.6.